The minimum Gasteiger partial charge on any atom is -0.478 e. The lowest BCUT2D eigenvalue weighted by Gasteiger charge is -2.03. The summed E-state index contributed by atoms with van der Waals surface area (Å²) in [6.45, 7) is 0. The van der Waals surface area contributed by atoms with Crippen LogP contribution in [0.3, 0.4) is 0 Å². The fraction of sp³-hybridized carbons (Fsp3) is 0. The summed E-state index contributed by atoms with van der Waals surface area (Å²) in [5.41, 5.74) is -1.49. The van der Waals surface area contributed by atoms with Gasteiger partial charge in [-0.3, -0.25) is 0 Å². The molecule has 0 aliphatic rings. The monoisotopic (exact) mass is 462 g/mol. The van der Waals surface area contributed by atoms with Gasteiger partial charge in [-0.05, 0) is 34.1 Å². The van der Waals surface area contributed by atoms with Gasteiger partial charge in [0, 0.05) is 0 Å². The number of carboxylic acid groups (broad SMARTS) is 2. The minimum absolute atomic E-state index is 0.433. The maximum absolute atomic E-state index is 12.9. The molecule has 0 aliphatic heterocycles. The highest BCUT2D eigenvalue weighted by Crippen LogP contribution is 2.29. The highest BCUT2D eigenvalue weighted by molar-refractivity contribution is 9.10. The average Bonchev–Trinajstić information content (AvgIpc) is 2.48. The summed E-state index contributed by atoms with van der Waals surface area (Å²) in [5.74, 6) is -7.14. The van der Waals surface area contributed by atoms with Crippen molar-refractivity contribution in [2.24, 2.45) is 0 Å². The van der Waals surface area contributed by atoms with E-state index in [0.29, 0.717) is 18.2 Å². The van der Waals surface area contributed by atoms with E-state index in [0.717, 1.165) is 0 Å². The Morgan fingerprint density at radius 1 is 0.840 bits per heavy atom. The van der Waals surface area contributed by atoms with E-state index in [1.807, 2.05) is 0 Å². The molecule has 0 radical (unpaired) electrons. The molecule has 134 valence electrons. The predicted molar refractivity (Wildman–Crippen MR) is 84.4 cm³/mol. The number of hydrogen-bond donors (Lipinski definition) is 2. The van der Waals surface area contributed by atoms with E-state index >= 15 is 0 Å². The van der Waals surface area contributed by atoms with Crippen LogP contribution in [0, 0.1) is 23.3 Å². The van der Waals surface area contributed by atoms with Crippen molar-refractivity contribution in [1.82, 2.24) is 0 Å². The summed E-state index contributed by atoms with van der Waals surface area (Å²) in [4.78, 5) is 20.7. The van der Waals surface area contributed by atoms with Gasteiger partial charge in [0.15, 0.2) is 5.82 Å². The molecular weight excluding hydrogens is 459 g/mol. The normalized spacial score (nSPS) is 10.0. The van der Waals surface area contributed by atoms with Crippen LogP contribution in [0.4, 0.5) is 17.6 Å². The first-order chi connectivity index (χ1) is 11.5. The van der Waals surface area contributed by atoms with E-state index in [4.69, 9.17) is 33.4 Å². The number of halogens is 7. The lowest BCUT2D eigenvalue weighted by Crippen LogP contribution is -2.03. The zero-order valence-electron chi connectivity index (χ0n) is 11.6. The van der Waals surface area contributed by atoms with E-state index < -0.39 is 60.9 Å². The molecule has 2 aromatic rings. The summed E-state index contributed by atoms with van der Waals surface area (Å²) in [5, 5.41) is 15.9. The number of aromatic carboxylic acids is 2. The number of carboxylic acids is 2. The first kappa shape index (κ1) is 21.2. The molecule has 0 atom stereocenters. The predicted octanol–water partition coefficient (Wildman–Crippen LogP) is 5.40. The molecule has 11 heteroatoms. The fourth-order valence-electron chi connectivity index (χ4n) is 1.45. The van der Waals surface area contributed by atoms with Gasteiger partial charge in [0.25, 0.3) is 0 Å². The van der Waals surface area contributed by atoms with Crippen LogP contribution in [0.5, 0.6) is 0 Å². The Labute approximate surface area is 155 Å². The highest BCUT2D eigenvalue weighted by Gasteiger charge is 2.20. The van der Waals surface area contributed by atoms with Crippen molar-refractivity contribution in [2.45, 2.75) is 0 Å². The molecule has 2 N–H and O–H groups in total. The molecule has 4 nitrogen and oxygen atoms in total. The number of benzene rings is 2. The van der Waals surface area contributed by atoms with Crippen LogP contribution in [0.1, 0.15) is 20.7 Å². The standard InChI is InChI=1S/C7H2BrClF2O2.C7H3ClF2O2/c8-5-4(7(12)13)3(10)1-2(9)6(5)11;8-4-2-5(9)3(7(11)12)1-6(4)10/h1H,(H,12,13);1-2H,(H,11,12). The van der Waals surface area contributed by atoms with Gasteiger partial charge in [0.1, 0.15) is 23.0 Å². The van der Waals surface area contributed by atoms with Crippen LogP contribution in [-0.4, -0.2) is 22.2 Å². The molecule has 0 aromatic heterocycles. The third-order valence-corrected chi connectivity index (χ3v) is 3.88. The Hall–Kier alpha value is -1.84. The van der Waals surface area contributed by atoms with Crippen molar-refractivity contribution in [3.8, 4) is 0 Å². The van der Waals surface area contributed by atoms with Gasteiger partial charge in [-0.25, -0.2) is 27.2 Å². The fourth-order valence-corrected chi connectivity index (χ4v) is 2.48. The molecule has 0 fully saturated rings. The molecule has 0 saturated heterocycles. The second-order valence-electron chi connectivity index (χ2n) is 4.20. The molecule has 0 heterocycles. The Bertz CT molecular complexity index is 861. The SMILES string of the molecule is O=C(O)c1c(F)cc(Cl)c(F)c1Br.O=C(O)c1cc(F)c(Cl)cc1F. The van der Waals surface area contributed by atoms with Gasteiger partial charge in [-0.15, -0.1) is 0 Å². The van der Waals surface area contributed by atoms with Gasteiger partial charge >= 0.3 is 11.9 Å². The third-order valence-electron chi connectivity index (χ3n) is 2.57. The van der Waals surface area contributed by atoms with E-state index in [1.165, 1.54) is 0 Å². The summed E-state index contributed by atoms with van der Waals surface area (Å²) in [7, 11) is 0. The molecule has 0 bridgehead atoms. The topological polar surface area (TPSA) is 74.6 Å². The zero-order valence-corrected chi connectivity index (χ0v) is 14.7. The first-order valence-corrected chi connectivity index (χ1v) is 7.46. The third kappa shape index (κ3) is 5.07. The highest BCUT2D eigenvalue weighted by atomic mass is 79.9. The van der Waals surface area contributed by atoms with Gasteiger partial charge < -0.3 is 10.2 Å². The maximum Gasteiger partial charge on any atom is 0.339 e. The van der Waals surface area contributed by atoms with Gasteiger partial charge in [0.05, 0.1) is 20.1 Å². The van der Waals surface area contributed by atoms with Crippen LogP contribution < -0.4 is 0 Å². The smallest absolute Gasteiger partial charge is 0.339 e. The minimum atomic E-state index is -1.56. The van der Waals surface area contributed by atoms with Crippen molar-refractivity contribution in [1.29, 1.82) is 0 Å². The van der Waals surface area contributed by atoms with Crippen molar-refractivity contribution < 1.29 is 37.4 Å². The Balaban J connectivity index is 0.000000251. The zero-order chi connectivity index (χ0) is 19.5. The largest absolute Gasteiger partial charge is 0.478 e. The Morgan fingerprint density at radius 3 is 1.84 bits per heavy atom. The van der Waals surface area contributed by atoms with Crippen LogP contribution in [0.25, 0.3) is 0 Å². The summed E-state index contributed by atoms with van der Waals surface area (Å²) < 4.78 is 50.5. The molecular formula is C14H5BrCl2F4O4. The molecule has 0 aliphatic carbocycles. The molecule has 0 spiro atoms. The summed E-state index contributed by atoms with van der Waals surface area (Å²) in [6.07, 6.45) is 0. The molecule has 25 heavy (non-hydrogen) atoms. The average molecular weight is 464 g/mol. The van der Waals surface area contributed by atoms with Crippen molar-refractivity contribution >= 4 is 51.1 Å². The Morgan fingerprint density at radius 2 is 1.36 bits per heavy atom. The quantitative estimate of drug-likeness (QED) is 0.355. The number of carbonyl (C=O) groups is 2. The van der Waals surface area contributed by atoms with E-state index in [1.54, 1.807) is 0 Å². The molecule has 0 amide bonds. The maximum atomic E-state index is 12.9. The molecule has 0 unspecified atom stereocenters. The lowest BCUT2D eigenvalue weighted by atomic mass is 10.2. The molecule has 2 rings (SSSR count). The van der Waals surface area contributed by atoms with Gasteiger partial charge in [-0.1, -0.05) is 23.2 Å². The van der Waals surface area contributed by atoms with Crippen LogP contribution in [0.2, 0.25) is 10.0 Å². The number of rotatable bonds is 2. The van der Waals surface area contributed by atoms with E-state index in [2.05, 4.69) is 15.9 Å². The Kier molecular flexibility index (Phi) is 7.21. The van der Waals surface area contributed by atoms with Crippen molar-refractivity contribution in [3.63, 3.8) is 0 Å². The van der Waals surface area contributed by atoms with Gasteiger partial charge in [0.2, 0.25) is 0 Å². The summed E-state index contributed by atoms with van der Waals surface area (Å²) in [6, 6.07) is 1.78. The molecule has 0 saturated carbocycles. The molecule has 2 aromatic carbocycles. The van der Waals surface area contributed by atoms with Crippen molar-refractivity contribution in [2.75, 3.05) is 0 Å². The van der Waals surface area contributed by atoms with Crippen molar-refractivity contribution in [3.05, 3.63) is 67.1 Å². The van der Waals surface area contributed by atoms with Gasteiger partial charge in [-0.2, -0.15) is 0 Å². The lowest BCUT2D eigenvalue weighted by molar-refractivity contribution is 0.0679. The van der Waals surface area contributed by atoms with Crippen LogP contribution >= 0.6 is 39.1 Å². The second kappa shape index (κ2) is 8.50. The van der Waals surface area contributed by atoms with Crippen LogP contribution in [-0.2, 0) is 0 Å². The van der Waals surface area contributed by atoms with E-state index in [-0.39, 0.29) is 0 Å². The number of hydrogen-bond acceptors (Lipinski definition) is 2. The second-order valence-corrected chi connectivity index (χ2v) is 5.81. The van der Waals surface area contributed by atoms with Crippen LogP contribution in [0.15, 0.2) is 22.7 Å². The summed E-state index contributed by atoms with van der Waals surface area (Å²) >= 11 is 13.0. The van der Waals surface area contributed by atoms with E-state index in [9.17, 15) is 27.2 Å². The first-order valence-electron chi connectivity index (χ1n) is 5.91.